The molecule has 1 unspecified atom stereocenters. The van der Waals surface area contributed by atoms with E-state index in [9.17, 15) is 19.2 Å². The molecule has 9 heteroatoms. The second kappa shape index (κ2) is 9.71. The van der Waals surface area contributed by atoms with Crippen LogP contribution >= 0.6 is 15.9 Å². The highest BCUT2D eigenvalue weighted by molar-refractivity contribution is 9.10. The van der Waals surface area contributed by atoms with Crippen LogP contribution in [0.2, 0.25) is 0 Å². The zero-order valence-corrected chi connectivity index (χ0v) is 18.1. The number of hydrogen-bond acceptors (Lipinski definition) is 5. The van der Waals surface area contributed by atoms with Crippen LogP contribution in [0.5, 0.6) is 0 Å². The molecule has 8 nitrogen and oxygen atoms in total. The Bertz CT molecular complexity index is 984. The van der Waals surface area contributed by atoms with Gasteiger partial charge in [-0.3, -0.25) is 19.0 Å². The first kappa shape index (κ1) is 21.8. The van der Waals surface area contributed by atoms with E-state index in [0.717, 1.165) is 4.57 Å². The first-order valence-electron chi connectivity index (χ1n) is 9.59. The van der Waals surface area contributed by atoms with Gasteiger partial charge in [0, 0.05) is 48.5 Å². The molecule has 1 aromatic carbocycles. The lowest BCUT2D eigenvalue weighted by molar-refractivity contribution is -0.135. The Kier molecular flexibility index (Phi) is 7.04. The van der Waals surface area contributed by atoms with Gasteiger partial charge in [0.2, 0.25) is 0 Å². The fourth-order valence-electron chi connectivity index (χ4n) is 3.29. The third-order valence-electron chi connectivity index (χ3n) is 4.84. The molecule has 0 saturated carbocycles. The van der Waals surface area contributed by atoms with Gasteiger partial charge in [-0.05, 0) is 28.9 Å². The number of rotatable bonds is 5. The van der Waals surface area contributed by atoms with Gasteiger partial charge < -0.3 is 14.5 Å². The van der Waals surface area contributed by atoms with E-state index in [0.29, 0.717) is 23.1 Å². The molecule has 1 atom stereocenters. The van der Waals surface area contributed by atoms with Gasteiger partial charge >= 0.3 is 6.09 Å². The molecule has 3 rings (SSSR count). The largest absolute Gasteiger partial charge is 0.450 e. The smallest absolute Gasteiger partial charge is 0.409 e. The van der Waals surface area contributed by atoms with Gasteiger partial charge in [-0.2, -0.15) is 0 Å². The molecular formula is C21H22BrN3O5. The Morgan fingerprint density at radius 2 is 1.63 bits per heavy atom. The molecule has 0 bridgehead atoms. The molecule has 2 heterocycles. The monoisotopic (exact) mass is 475 g/mol. The second-order valence-electron chi connectivity index (χ2n) is 6.74. The van der Waals surface area contributed by atoms with Crippen LogP contribution in [0, 0.1) is 0 Å². The van der Waals surface area contributed by atoms with Gasteiger partial charge in [0.25, 0.3) is 11.5 Å². The molecular weight excluding hydrogens is 454 g/mol. The maximum atomic E-state index is 13.4. The van der Waals surface area contributed by atoms with Crippen molar-refractivity contribution < 1.29 is 19.1 Å². The minimum atomic E-state index is -1.33. The van der Waals surface area contributed by atoms with Crippen molar-refractivity contribution in [3.63, 3.8) is 0 Å². The van der Waals surface area contributed by atoms with Crippen molar-refractivity contribution in [2.75, 3.05) is 32.8 Å². The average molecular weight is 476 g/mol. The van der Waals surface area contributed by atoms with Crippen molar-refractivity contribution in [1.82, 2.24) is 14.4 Å². The number of aromatic nitrogens is 1. The number of carbonyl (C=O) groups is 3. The molecule has 158 valence electrons. The number of carbonyl (C=O) groups excluding carboxylic acids is 3. The van der Waals surface area contributed by atoms with E-state index in [4.69, 9.17) is 4.74 Å². The second-order valence-corrected chi connectivity index (χ2v) is 7.65. The summed E-state index contributed by atoms with van der Waals surface area (Å²) in [6.07, 6.45) is 1.02. The predicted octanol–water partition coefficient (Wildman–Crippen LogP) is 2.34. The van der Waals surface area contributed by atoms with Gasteiger partial charge in [-0.1, -0.05) is 30.3 Å². The Morgan fingerprint density at radius 3 is 2.27 bits per heavy atom. The van der Waals surface area contributed by atoms with Crippen LogP contribution in [0.3, 0.4) is 0 Å². The van der Waals surface area contributed by atoms with Gasteiger partial charge in [-0.15, -0.1) is 0 Å². The first-order chi connectivity index (χ1) is 14.4. The third kappa shape index (κ3) is 4.79. The summed E-state index contributed by atoms with van der Waals surface area (Å²) in [4.78, 5) is 54.0. The highest BCUT2D eigenvalue weighted by Crippen LogP contribution is 2.20. The number of ketones is 1. The number of pyridine rings is 1. The molecule has 2 amide bonds. The summed E-state index contributed by atoms with van der Waals surface area (Å²) in [5.41, 5.74) is -0.112. The summed E-state index contributed by atoms with van der Waals surface area (Å²) in [7, 11) is 0. The van der Waals surface area contributed by atoms with Crippen LogP contribution in [0.15, 0.2) is 57.9 Å². The number of benzene rings is 1. The average Bonchev–Trinajstić information content (AvgIpc) is 2.77. The van der Waals surface area contributed by atoms with Crippen molar-refractivity contribution in [1.29, 1.82) is 0 Å². The Balaban J connectivity index is 1.88. The highest BCUT2D eigenvalue weighted by atomic mass is 79.9. The topological polar surface area (TPSA) is 88.9 Å². The maximum Gasteiger partial charge on any atom is 0.409 e. The van der Waals surface area contributed by atoms with Crippen LogP contribution < -0.4 is 5.56 Å². The highest BCUT2D eigenvalue weighted by Gasteiger charge is 2.35. The zero-order valence-electron chi connectivity index (χ0n) is 16.5. The summed E-state index contributed by atoms with van der Waals surface area (Å²) < 4.78 is 6.73. The lowest BCUT2D eigenvalue weighted by atomic mass is 10.0. The standard InChI is InChI=1S/C21H22BrN3O5/c1-2-30-21(29)24-12-10-23(11-13-24)20(28)18(19(27)15-6-4-3-5-7-15)25-14-16(22)8-9-17(25)26/h3-9,14,18H,2,10-13H2,1H3. The quantitative estimate of drug-likeness (QED) is 0.489. The van der Waals surface area contributed by atoms with Crippen molar-refractivity contribution in [3.8, 4) is 0 Å². The van der Waals surface area contributed by atoms with E-state index < -0.39 is 29.4 Å². The Labute approximate surface area is 182 Å². The van der Waals surface area contributed by atoms with Gasteiger partial charge in [0.15, 0.2) is 11.8 Å². The van der Waals surface area contributed by atoms with Crippen LogP contribution in [-0.4, -0.2) is 64.9 Å². The van der Waals surface area contributed by atoms with Crippen LogP contribution in [-0.2, 0) is 9.53 Å². The fourth-order valence-corrected chi connectivity index (χ4v) is 3.65. The molecule has 1 aromatic heterocycles. The van der Waals surface area contributed by atoms with E-state index in [-0.39, 0.29) is 19.7 Å². The molecule has 0 aliphatic carbocycles. The van der Waals surface area contributed by atoms with E-state index in [1.807, 2.05) is 0 Å². The summed E-state index contributed by atoms with van der Waals surface area (Å²) in [6, 6.07) is 9.95. The van der Waals surface area contributed by atoms with Gasteiger partial charge in [0.05, 0.1) is 6.61 Å². The minimum Gasteiger partial charge on any atom is -0.450 e. The molecule has 1 aliphatic rings. The molecule has 0 N–H and O–H groups in total. The number of Topliss-reactive ketones (excluding diaryl/α,β-unsaturated/α-hetero) is 1. The number of nitrogens with zero attached hydrogens (tertiary/aromatic N) is 3. The van der Waals surface area contributed by atoms with E-state index in [1.165, 1.54) is 22.1 Å². The molecule has 2 aromatic rings. The summed E-state index contributed by atoms with van der Waals surface area (Å²) in [5.74, 6) is -0.943. The lowest BCUT2D eigenvalue weighted by Gasteiger charge is -2.35. The maximum absolute atomic E-state index is 13.4. The molecule has 1 aliphatic heterocycles. The number of amides is 2. The van der Waals surface area contributed by atoms with E-state index in [1.54, 1.807) is 43.3 Å². The number of halogens is 1. The van der Waals surface area contributed by atoms with Crippen molar-refractivity contribution in [2.45, 2.75) is 13.0 Å². The molecule has 30 heavy (non-hydrogen) atoms. The van der Waals surface area contributed by atoms with Crippen LogP contribution in [0.4, 0.5) is 4.79 Å². The summed E-state index contributed by atoms with van der Waals surface area (Å²) in [6.45, 7) is 3.09. The first-order valence-corrected chi connectivity index (χ1v) is 10.4. The van der Waals surface area contributed by atoms with Gasteiger partial charge in [0.1, 0.15) is 0 Å². The van der Waals surface area contributed by atoms with Crippen molar-refractivity contribution in [3.05, 3.63) is 69.1 Å². The number of ether oxygens (including phenoxy) is 1. The van der Waals surface area contributed by atoms with Crippen molar-refractivity contribution in [2.24, 2.45) is 0 Å². The third-order valence-corrected chi connectivity index (χ3v) is 5.31. The van der Waals surface area contributed by atoms with Gasteiger partial charge in [-0.25, -0.2) is 4.79 Å². The van der Waals surface area contributed by atoms with E-state index >= 15 is 0 Å². The molecule has 1 fully saturated rings. The molecule has 0 radical (unpaired) electrons. The Morgan fingerprint density at radius 1 is 1.00 bits per heavy atom. The van der Waals surface area contributed by atoms with Crippen LogP contribution in [0.25, 0.3) is 0 Å². The lowest BCUT2D eigenvalue weighted by Crippen LogP contribution is -2.53. The number of hydrogen-bond donors (Lipinski definition) is 0. The van der Waals surface area contributed by atoms with Crippen molar-refractivity contribution >= 4 is 33.7 Å². The van der Waals surface area contributed by atoms with E-state index in [2.05, 4.69) is 15.9 Å². The normalized spacial score (nSPS) is 14.9. The minimum absolute atomic E-state index is 0.249. The predicted molar refractivity (Wildman–Crippen MR) is 113 cm³/mol. The number of piperazine rings is 1. The summed E-state index contributed by atoms with van der Waals surface area (Å²) in [5, 5.41) is 0. The zero-order chi connectivity index (χ0) is 21.7. The Hall–Kier alpha value is -2.94. The SMILES string of the molecule is CCOC(=O)N1CCN(C(=O)C(C(=O)c2ccccc2)n2cc(Br)ccc2=O)CC1. The molecule has 0 spiro atoms. The fraction of sp³-hybridized carbons (Fsp3) is 0.333. The molecule has 1 saturated heterocycles. The van der Waals surface area contributed by atoms with Crippen LogP contribution in [0.1, 0.15) is 23.3 Å². The summed E-state index contributed by atoms with van der Waals surface area (Å²) >= 11 is 3.30.